The van der Waals surface area contributed by atoms with Crippen molar-refractivity contribution in [3.8, 4) is 0 Å². The van der Waals surface area contributed by atoms with Gasteiger partial charge in [0.15, 0.2) is 0 Å². The molecule has 2 unspecified atom stereocenters. The molecule has 23 heavy (non-hydrogen) atoms. The number of carbonyl (C=O) groups is 1. The number of nitrogens with one attached hydrogen (secondary N) is 1. The van der Waals surface area contributed by atoms with E-state index in [-0.39, 0.29) is 12.1 Å². The molecule has 1 amide bonds. The predicted octanol–water partition coefficient (Wildman–Crippen LogP) is 4.21. The number of alkyl carbamates (subject to hydrolysis) is 1. The molecule has 1 aromatic carbocycles. The molecule has 0 radical (unpaired) electrons. The molecular weight excluding hydrogens is 288 g/mol. The topological polar surface area (TPSA) is 41.6 Å². The van der Waals surface area contributed by atoms with E-state index < -0.39 is 5.60 Å². The fraction of sp³-hybridized carbons (Fsp3) is 0.632. The van der Waals surface area contributed by atoms with Crippen molar-refractivity contribution >= 4 is 11.8 Å². The molecule has 1 aliphatic rings. The second-order valence-corrected chi connectivity index (χ2v) is 7.47. The number of rotatable bonds is 4. The summed E-state index contributed by atoms with van der Waals surface area (Å²) in [6.45, 7) is 9.79. The Morgan fingerprint density at radius 2 is 1.96 bits per heavy atom. The Bertz CT molecular complexity index is 496. The van der Waals surface area contributed by atoms with E-state index in [1.165, 1.54) is 18.5 Å². The van der Waals surface area contributed by atoms with Crippen LogP contribution in [0.5, 0.6) is 0 Å². The van der Waals surface area contributed by atoms with E-state index in [0.717, 1.165) is 19.5 Å². The molecule has 1 aromatic rings. The fourth-order valence-electron chi connectivity index (χ4n) is 3.25. The van der Waals surface area contributed by atoms with Crippen LogP contribution >= 0.6 is 0 Å². The Kier molecular flexibility index (Phi) is 5.91. The summed E-state index contributed by atoms with van der Waals surface area (Å²) >= 11 is 0. The summed E-state index contributed by atoms with van der Waals surface area (Å²) in [5.74, 6) is 0.605. The first-order valence-electron chi connectivity index (χ1n) is 8.67. The molecule has 1 N–H and O–H groups in total. The molecular formula is C19H30N2O2. The van der Waals surface area contributed by atoms with Crippen LogP contribution in [0.25, 0.3) is 0 Å². The maximum absolute atomic E-state index is 12.1. The number of anilines is 1. The summed E-state index contributed by atoms with van der Waals surface area (Å²) in [4.78, 5) is 14.5. The monoisotopic (exact) mass is 318 g/mol. The lowest BCUT2D eigenvalue weighted by Crippen LogP contribution is -2.51. The molecule has 0 bridgehead atoms. The minimum absolute atomic E-state index is 0.135. The van der Waals surface area contributed by atoms with Crippen LogP contribution in [-0.4, -0.2) is 30.8 Å². The average Bonchev–Trinajstić information content (AvgIpc) is 2.46. The van der Waals surface area contributed by atoms with E-state index in [9.17, 15) is 4.79 Å². The molecule has 2 atom stereocenters. The van der Waals surface area contributed by atoms with Gasteiger partial charge in [-0.3, -0.25) is 0 Å². The van der Waals surface area contributed by atoms with Crippen molar-refractivity contribution in [1.29, 1.82) is 0 Å². The maximum atomic E-state index is 12.1. The Balaban J connectivity index is 2.02. The first-order chi connectivity index (χ1) is 10.9. The van der Waals surface area contributed by atoms with Crippen LogP contribution in [0.15, 0.2) is 30.3 Å². The van der Waals surface area contributed by atoms with Crippen molar-refractivity contribution in [1.82, 2.24) is 5.32 Å². The summed E-state index contributed by atoms with van der Waals surface area (Å²) in [5, 5.41) is 3.06. The molecule has 4 nitrogen and oxygen atoms in total. The molecule has 0 saturated carbocycles. The maximum Gasteiger partial charge on any atom is 0.407 e. The van der Waals surface area contributed by atoms with Gasteiger partial charge in [0.2, 0.25) is 0 Å². The zero-order chi connectivity index (χ0) is 16.9. The normalized spacial score (nSPS) is 21.8. The molecule has 1 saturated heterocycles. The van der Waals surface area contributed by atoms with Gasteiger partial charge in [0, 0.05) is 18.8 Å². The number of carbonyl (C=O) groups excluding carboxylic acids is 1. The van der Waals surface area contributed by atoms with E-state index >= 15 is 0 Å². The third-order valence-corrected chi connectivity index (χ3v) is 4.08. The standard InChI is InChI=1S/C19H30N2O2/c1-5-9-15-12-16(20-18(22)23-19(2,3)4)14-21(13-15)17-10-7-6-8-11-17/h6-8,10-11,15-16H,5,9,12-14H2,1-4H3,(H,20,22). The number of hydrogen-bond acceptors (Lipinski definition) is 3. The summed E-state index contributed by atoms with van der Waals surface area (Å²) in [5.41, 5.74) is 0.769. The third kappa shape index (κ3) is 5.77. The van der Waals surface area contributed by atoms with Crippen molar-refractivity contribution in [2.75, 3.05) is 18.0 Å². The largest absolute Gasteiger partial charge is 0.444 e. The number of nitrogens with zero attached hydrogens (tertiary/aromatic N) is 1. The van der Waals surface area contributed by atoms with Crippen LogP contribution in [0, 0.1) is 5.92 Å². The first kappa shape index (κ1) is 17.6. The van der Waals surface area contributed by atoms with Crippen LogP contribution in [0.4, 0.5) is 10.5 Å². The highest BCUT2D eigenvalue weighted by Crippen LogP contribution is 2.26. The van der Waals surface area contributed by atoms with Crippen molar-refractivity contribution in [2.45, 2.75) is 58.6 Å². The second-order valence-electron chi connectivity index (χ2n) is 7.47. The summed E-state index contributed by atoms with van der Waals surface area (Å²) in [7, 11) is 0. The quantitative estimate of drug-likeness (QED) is 0.904. The van der Waals surface area contributed by atoms with Crippen molar-refractivity contribution in [3.05, 3.63) is 30.3 Å². The van der Waals surface area contributed by atoms with Gasteiger partial charge in [-0.2, -0.15) is 0 Å². The van der Waals surface area contributed by atoms with E-state index in [1.807, 2.05) is 26.8 Å². The van der Waals surface area contributed by atoms with Crippen LogP contribution in [0.3, 0.4) is 0 Å². The van der Waals surface area contributed by atoms with Gasteiger partial charge < -0.3 is 15.0 Å². The van der Waals surface area contributed by atoms with Crippen LogP contribution in [-0.2, 0) is 4.74 Å². The summed E-state index contributed by atoms with van der Waals surface area (Å²) in [6, 6.07) is 10.6. The molecule has 2 rings (SSSR count). The minimum Gasteiger partial charge on any atom is -0.444 e. The van der Waals surface area contributed by atoms with Crippen LogP contribution < -0.4 is 10.2 Å². The van der Waals surface area contributed by atoms with Gasteiger partial charge in [0.05, 0.1) is 6.04 Å². The zero-order valence-corrected chi connectivity index (χ0v) is 14.8. The molecule has 128 valence electrons. The first-order valence-corrected chi connectivity index (χ1v) is 8.67. The van der Waals surface area contributed by atoms with Gasteiger partial charge in [0.25, 0.3) is 0 Å². The lowest BCUT2D eigenvalue weighted by Gasteiger charge is -2.39. The number of amides is 1. The predicted molar refractivity (Wildman–Crippen MR) is 94.8 cm³/mol. The average molecular weight is 318 g/mol. The number of ether oxygens (including phenoxy) is 1. The highest BCUT2D eigenvalue weighted by molar-refractivity contribution is 5.68. The zero-order valence-electron chi connectivity index (χ0n) is 14.8. The Hall–Kier alpha value is -1.71. The van der Waals surface area contributed by atoms with Gasteiger partial charge in [-0.25, -0.2) is 4.79 Å². The highest BCUT2D eigenvalue weighted by Gasteiger charge is 2.29. The van der Waals surface area contributed by atoms with Crippen LogP contribution in [0.2, 0.25) is 0 Å². The van der Waals surface area contributed by atoms with Gasteiger partial charge in [-0.1, -0.05) is 31.5 Å². The molecule has 0 spiro atoms. The number of hydrogen-bond donors (Lipinski definition) is 1. The van der Waals surface area contributed by atoms with Gasteiger partial charge in [0.1, 0.15) is 5.60 Å². The summed E-state index contributed by atoms with van der Waals surface area (Å²) in [6.07, 6.45) is 3.08. The molecule has 1 heterocycles. The summed E-state index contributed by atoms with van der Waals surface area (Å²) < 4.78 is 5.41. The number of piperidine rings is 1. The third-order valence-electron chi connectivity index (χ3n) is 4.08. The number of para-hydroxylation sites is 1. The van der Waals surface area contributed by atoms with Gasteiger partial charge >= 0.3 is 6.09 Å². The molecule has 1 fully saturated rings. The minimum atomic E-state index is -0.458. The lowest BCUT2D eigenvalue weighted by molar-refractivity contribution is 0.0493. The smallest absolute Gasteiger partial charge is 0.407 e. The van der Waals surface area contributed by atoms with Gasteiger partial charge in [-0.05, 0) is 51.7 Å². The van der Waals surface area contributed by atoms with Crippen molar-refractivity contribution in [3.63, 3.8) is 0 Å². The van der Waals surface area contributed by atoms with Gasteiger partial charge in [-0.15, -0.1) is 0 Å². The lowest BCUT2D eigenvalue weighted by atomic mass is 9.90. The fourth-order valence-corrected chi connectivity index (χ4v) is 3.25. The second kappa shape index (κ2) is 7.71. The van der Waals surface area contributed by atoms with E-state index in [0.29, 0.717) is 5.92 Å². The number of benzene rings is 1. The Morgan fingerprint density at radius 3 is 2.57 bits per heavy atom. The molecule has 4 heteroatoms. The SMILES string of the molecule is CCCC1CC(NC(=O)OC(C)(C)C)CN(c2ccccc2)C1. The van der Waals surface area contributed by atoms with E-state index in [1.54, 1.807) is 0 Å². The molecule has 0 aromatic heterocycles. The van der Waals surface area contributed by atoms with Crippen molar-refractivity contribution in [2.24, 2.45) is 5.92 Å². The van der Waals surface area contributed by atoms with Crippen LogP contribution in [0.1, 0.15) is 47.0 Å². The Morgan fingerprint density at radius 1 is 1.26 bits per heavy atom. The highest BCUT2D eigenvalue weighted by atomic mass is 16.6. The molecule has 0 aliphatic carbocycles. The Labute approximate surface area is 140 Å². The van der Waals surface area contributed by atoms with E-state index in [4.69, 9.17) is 4.74 Å². The molecule has 1 aliphatic heterocycles. The van der Waals surface area contributed by atoms with E-state index in [2.05, 4.69) is 41.4 Å². The van der Waals surface area contributed by atoms with Crippen molar-refractivity contribution < 1.29 is 9.53 Å².